The summed E-state index contributed by atoms with van der Waals surface area (Å²) in [6.07, 6.45) is 0. The molecule has 1 rings (SSSR count). The fourth-order valence-electron chi connectivity index (χ4n) is 1.75. The molecular weight excluding hydrogens is 228 g/mol. The number of hydrogen-bond donors (Lipinski definition) is 0. The van der Waals surface area contributed by atoms with Crippen LogP contribution < -0.4 is 0 Å². The third kappa shape index (κ3) is 3.58. The summed E-state index contributed by atoms with van der Waals surface area (Å²) >= 11 is 0. The Labute approximate surface area is 108 Å². The lowest BCUT2D eigenvalue weighted by molar-refractivity contribution is -0.131. The van der Waals surface area contributed by atoms with Crippen molar-refractivity contribution in [2.75, 3.05) is 26.7 Å². The molecule has 0 spiro atoms. The van der Waals surface area contributed by atoms with Crippen molar-refractivity contribution in [3.05, 3.63) is 35.9 Å². The molecular formula is C14H20N2O2. The van der Waals surface area contributed by atoms with Crippen LogP contribution in [0.4, 0.5) is 0 Å². The maximum absolute atomic E-state index is 12.0. The average Bonchev–Trinajstić information content (AvgIpc) is 2.40. The predicted molar refractivity (Wildman–Crippen MR) is 71.3 cm³/mol. The summed E-state index contributed by atoms with van der Waals surface area (Å²) in [5.41, 5.74) is 0.604. The van der Waals surface area contributed by atoms with Gasteiger partial charge in [-0.05, 0) is 26.0 Å². The molecule has 4 heteroatoms. The summed E-state index contributed by atoms with van der Waals surface area (Å²) in [5, 5.41) is 0. The number of benzene rings is 1. The molecule has 0 atom stereocenters. The minimum atomic E-state index is -0.129. The Morgan fingerprint density at radius 1 is 1.06 bits per heavy atom. The summed E-state index contributed by atoms with van der Waals surface area (Å²) in [7, 11) is 1.65. The van der Waals surface area contributed by atoms with Crippen molar-refractivity contribution in [3.63, 3.8) is 0 Å². The van der Waals surface area contributed by atoms with Crippen molar-refractivity contribution >= 4 is 11.8 Å². The van der Waals surface area contributed by atoms with Gasteiger partial charge in [-0.2, -0.15) is 0 Å². The van der Waals surface area contributed by atoms with E-state index >= 15 is 0 Å². The lowest BCUT2D eigenvalue weighted by Gasteiger charge is -2.23. The summed E-state index contributed by atoms with van der Waals surface area (Å²) in [6.45, 7) is 5.32. The van der Waals surface area contributed by atoms with Crippen LogP contribution in [0.15, 0.2) is 30.3 Å². The highest BCUT2D eigenvalue weighted by Gasteiger charge is 2.17. The van der Waals surface area contributed by atoms with Gasteiger partial charge in [-0.3, -0.25) is 9.59 Å². The van der Waals surface area contributed by atoms with E-state index in [1.54, 1.807) is 24.1 Å². The van der Waals surface area contributed by atoms with Crippen LogP contribution in [0.25, 0.3) is 0 Å². The SMILES string of the molecule is CCN(CC)C(=O)CN(C)C(=O)c1ccccc1. The molecule has 0 aliphatic rings. The van der Waals surface area contributed by atoms with Gasteiger partial charge in [0.25, 0.3) is 5.91 Å². The van der Waals surface area contributed by atoms with Crippen molar-refractivity contribution in [1.29, 1.82) is 0 Å². The first-order chi connectivity index (χ1) is 8.60. The first-order valence-corrected chi connectivity index (χ1v) is 6.18. The second-order valence-corrected chi connectivity index (χ2v) is 4.09. The maximum atomic E-state index is 12.0. The van der Waals surface area contributed by atoms with Crippen LogP contribution in [0.2, 0.25) is 0 Å². The Kier molecular flexibility index (Phi) is 5.36. The van der Waals surface area contributed by atoms with Crippen LogP contribution in [0, 0.1) is 0 Å². The highest BCUT2D eigenvalue weighted by atomic mass is 16.2. The van der Waals surface area contributed by atoms with Crippen molar-refractivity contribution in [3.8, 4) is 0 Å². The highest BCUT2D eigenvalue weighted by molar-refractivity contribution is 5.96. The summed E-state index contributed by atoms with van der Waals surface area (Å²) < 4.78 is 0. The van der Waals surface area contributed by atoms with E-state index in [2.05, 4.69) is 0 Å². The van der Waals surface area contributed by atoms with Gasteiger partial charge in [-0.15, -0.1) is 0 Å². The van der Waals surface area contributed by atoms with Crippen molar-refractivity contribution in [2.45, 2.75) is 13.8 Å². The zero-order valence-electron chi connectivity index (χ0n) is 11.2. The number of hydrogen-bond acceptors (Lipinski definition) is 2. The lowest BCUT2D eigenvalue weighted by Crippen LogP contribution is -2.41. The molecule has 0 aromatic heterocycles. The Balaban J connectivity index is 2.63. The molecule has 0 fully saturated rings. The Morgan fingerprint density at radius 3 is 2.11 bits per heavy atom. The molecule has 18 heavy (non-hydrogen) atoms. The van der Waals surface area contributed by atoms with Gasteiger partial charge in [0, 0.05) is 25.7 Å². The first kappa shape index (κ1) is 14.2. The maximum Gasteiger partial charge on any atom is 0.254 e. The van der Waals surface area contributed by atoms with Gasteiger partial charge in [-0.1, -0.05) is 18.2 Å². The number of amides is 2. The van der Waals surface area contributed by atoms with Gasteiger partial charge in [0.05, 0.1) is 6.54 Å². The smallest absolute Gasteiger partial charge is 0.254 e. The molecule has 0 heterocycles. The molecule has 1 aromatic carbocycles. The number of nitrogens with zero attached hydrogens (tertiary/aromatic N) is 2. The minimum Gasteiger partial charge on any atom is -0.342 e. The van der Waals surface area contributed by atoms with E-state index in [4.69, 9.17) is 0 Å². The van der Waals surface area contributed by atoms with Gasteiger partial charge in [0.2, 0.25) is 5.91 Å². The van der Waals surface area contributed by atoms with Crippen LogP contribution in [0.3, 0.4) is 0 Å². The molecule has 0 saturated carbocycles. The second-order valence-electron chi connectivity index (χ2n) is 4.09. The molecule has 0 radical (unpaired) electrons. The number of likely N-dealkylation sites (N-methyl/N-ethyl adjacent to an activating group) is 2. The number of carbonyl (C=O) groups excluding carboxylic acids is 2. The Bertz CT molecular complexity index is 400. The fourth-order valence-corrected chi connectivity index (χ4v) is 1.75. The molecule has 2 amide bonds. The van der Waals surface area contributed by atoms with E-state index in [9.17, 15) is 9.59 Å². The molecule has 0 unspecified atom stereocenters. The molecule has 0 aliphatic heterocycles. The van der Waals surface area contributed by atoms with E-state index in [0.29, 0.717) is 18.7 Å². The van der Waals surface area contributed by atoms with Gasteiger partial charge in [-0.25, -0.2) is 0 Å². The van der Waals surface area contributed by atoms with E-state index in [1.807, 2.05) is 32.0 Å². The largest absolute Gasteiger partial charge is 0.342 e. The van der Waals surface area contributed by atoms with Crippen LogP contribution in [0.5, 0.6) is 0 Å². The monoisotopic (exact) mass is 248 g/mol. The standard InChI is InChI=1S/C14H20N2O2/c1-4-16(5-2)13(17)11-15(3)14(18)12-9-7-6-8-10-12/h6-10H,4-5,11H2,1-3H3. The van der Waals surface area contributed by atoms with Crippen LogP contribution in [-0.4, -0.2) is 48.3 Å². The van der Waals surface area contributed by atoms with Crippen molar-refractivity contribution in [1.82, 2.24) is 9.80 Å². The molecule has 0 saturated heterocycles. The van der Waals surface area contributed by atoms with E-state index in [-0.39, 0.29) is 18.4 Å². The van der Waals surface area contributed by atoms with Gasteiger partial charge >= 0.3 is 0 Å². The van der Waals surface area contributed by atoms with Crippen LogP contribution in [-0.2, 0) is 4.79 Å². The number of rotatable bonds is 5. The molecule has 4 nitrogen and oxygen atoms in total. The van der Waals surface area contributed by atoms with E-state index in [0.717, 1.165) is 0 Å². The molecule has 0 N–H and O–H groups in total. The molecule has 1 aromatic rings. The topological polar surface area (TPSA) is 40.6 Å². The summed E-state index contributed by atoms with van der Waals surface area (Å²) in [4.78, 5) is 27.1. The van der Waals surface area contributed by atoms with Gasteiger partial charge in [0.1, 0.15) is 0 Å². The van der Waals surface area contributed by atoms with Gasteiger partial charge in [0.15, 0.2) is 0 Å². The minimum absolute atomic E-state index is 0.0215. The second kappa shape index (κ2) is 6.79. The predicted octanol–water partition coefficient (Wildman–Crippen LogP) is 1.63. The third-order valence-electron chi connectivity index (χ3n) is 2.86. The average molecular weight is 248 g/mol. The zero-order chi connectivity index (χ0) is 13.5. The summed E-state index contributed by atoms with van der Waals surface area (Å²) in [5.74, 6) is -0.150. The van der Waals surface area contributed by atoms with Crippen LogP contribution in [0.1, 0.15) is 24.2 Å². The highest BCUT2D eigenvalue weighted by Crippen LogP contribution is 2.03. The third-order valence-corrected chi connectivity index (χ3v) is 2.86. The van der Waals surface area contributed by atoms with Crippen LogP contribution >= 0.6 is 0 Å². The zero-order valence-corrected chi connectivity index (χ0v) is 11.2. The molecule has 0 aliphatic carbocycles. The molecule has 0 bridgehead atoms. The lowest BCUT2D eigenvalue weighted by atomic mass is 10.2. The quantitative estimate of drug-likeness (QED) is 0.794. The number of carbonyl (C=O) groups is 2. The summed E-state index contributed by atoms with van der Waals surface area (Å²) in [6, 6.07) is 8.99. The Morgan fingerprint density at radius 2 is 1.61 bits per heavy atom. The van der Waals surface area contributed by atoms with E-state index < -0.39 is 0 Å². The normalized spacial score (nSPS) is 9.94. The van der Waals surface area contributed by atoms with E-state index in [1.165, 1.54) is 4.90 Å². The first-order valence-electron chi connectivity index (χ1n) is 6.18. The Hall–Kier alpha value is -1.84. The molecule has 98 valence electrons. The fraction of sp³-hybridized carbons (Fsp3) is 0.429. The van der Waals surface area contributed by atoms with Gasteiger partial charge < -0.3 is 9.80 Å². The van der Waals surface area contributed by atoms with Crippen molar-refractivity contribution < 1.29 is 9.59 Å². The van der Waals surface area contributed by atoms with Crippen molar-refractivity contribution in [2.24, 2.45) is 0 Å².